The van der Waals surface area contributed by atoms with Gasteiger partial charge in [-0.1, -0.05) is 6.92 Å². The van der Waals surface area contributed by atoms with Gasteiger partial charge < -0.3 is 10.6 Å². The lowest BCUT2D eigenvalue weighted by Gasteiger charge is -2.37. The van der Waals surface area contributed by atoms with E-state index < -0.39 is 0 Å². The van der Waals surface area contributed by atoms with Crippen LogP contribution in [0.4, 0.5) is 0 Å². The van der Waals surface area contributed by atoms with E-state index in [2.05, 4.69) is 38.3 Å². The molecule has 0 aromatic rings. The number of rotatable bonds is 1. The fourth-order valence-electron chi connectivity index (χ4n) is 1.41. The van der Waals surface area contributed by atoms with Crippen molar-refractivity contribution in [2.24, 2.45) is 0 Å². The Morgan fingerprint density at radius 1 is 1.42 bits per heavy atom. The first kappa shape index (κ1) is 9.52. The van der Waals surface area contributed by atoms with Crippen LogP contribution < -0.4 is 10.6 Å². The number of hydrogen-bond acceptors (Lipinski definition) is 1. The molecule has 0 amide bonds. The highest BCUT2D eigenvalue weighted by Crippen LogP contribution is 2.24. The third kappa shape index (κ3) is 1.46. The topological polar surface area (TPSA) is 24.1 Å². The standard InChI is InChI=1S/C9H16N2S/c1-5-9(4)6(2)7(3)10-8(12)11-9/h5H2,1-4H3,(H2,10,11,12). The molecule has 68 valence electrons. The minimum Gasteiger partial charge on any atom is -0.354 e. The molecule has 1 aliphatic heterocycles. The molecular weight excluding hydrogens is 168 g/mol. The molecule has 0 saturated carbocycles. The molecule has 0 aliphatic carbocycles. The maximum Gasteiger partial charge on any atom is 0.171 e. The van der Waals surface area contributed by atoms with Crippen molar-refractivity contribution in [3.63, 3.8) is 0 Å². The molecule has 0 saturated heterocycles. The van der Waals surface area contributed by atoms with Crippen LogP contribution in [-0.4, -0.2) is 10.7 Å². The number of nitrogens with one attached hydrogen (secondary N) is 2. The van der Waals surface area contributed by atoms with E-state index >= 15 is 0 Å². The maximum atomic E-state index is 5.09. The summed E-state index contributed by atoms with van der Waals surface area (Å²) in [5, 5.41) is 7.14. The van der Waals surface area contributed by atoms with Crippen molar-refractivity contribution in [1.82, 2.24) is 10.6 Å². The van der Waals surface area contributed by atoms with Gasteiger partial charge in [0, 0.05) is 5.70 Å². The van der Waals surface area contributed by atoms with Crippen LogP contribution in [0.25, 0.3) is 0 Å². The van der Waals surface area contributed by atoms with Gasteiger partial charge in [-0.15, -0.1) is 0 Å². The summed E-state index contributed by atoms with van der Waals surface area (Å²) in [5.74, 6) is 0. The quantitative estimate of drug-likeness (QED) is 0.609. The molecule has 0 radical (unpaired) electrons. The van der Waals surface area contributed by atoms with Gasteiger partial charge in [-0.25, -0.2) is 0 Å². The first-order valence-electron chi connectivity index (χ1n) is 4.26. The van der Waals surface area contributed by atoms with Crippen molar-refractivity contribution in [3.05, 3.63) is 11.3 Å². The van der Waals surface area contributed by atoms with Crippen LogP contribution in [0.2, 0.25) is 0 Å². The second-order valence-electron chi connectivity index (χ2n) is 3.51. The molecule has 1 heterocycles. The third-order valence-corrected chi connectivity index (χ3v) is 2.99. The van der Waals surface area contributed by atoms with Crippen molar-refractivity contribution in [2.75, 3.05) is 0 Å². The lowest BCUT2D eigenvalue weighted by atomic mass is 9.88. The van der Waals surface area contributed by atoms with Crippen molar-refractivity contribution >= 4 is 17.3 Å². The van der Waals surface area contributed by atoms with E-state index in [1.165, 1.54) is 11.3 Å². The summed E-state index contributed by atoms with van der Waals surface area (Å²) in [5.41, 5.74) is 2.58. The summed E-state index contributed by atoms with van der Waals surface area (Å²) in [6.45, 7) is 8.55. The predicted molar refractivity (Wildman–Crippen MR) is 55.9 cm³/mol. The highest BCUT2D eigenvalue weighted by molar-refractivity contribution is 7.80. The van der Waals surface area contributed by atoms with Gasteiger partial charge in [-0.2, -0.15) is 0 Å². The van der Waals surface area contributed by atoms with Gasteiger partial charge in [0.2, 0.25) is 0 Å². The van der Waals surface area contributed by atoms with E-state index in [4.69, 9.17) is 12.2 Å². The number of thiocarbonyl (C=S) groups is 1. The minimum atomic E-state index is 0.0480. The smallest absolute Gasteiger partial charge is 0.171 e. The van der Waals surface area contributed by atoms with Crippen molar-refractivity contribution in [1.29, 1.82) is 0 Å². The predicted octanol–water partition coefficient (Wildman–Crippen LogP) is 1.93. The molecule has 1 unspecified atom stereocenters. The van der Waals surface area contributed by atoms with Gasteiger partial charge in [-0.05, 0) is 45.0 Å². The first-order chi connectivity index (χ1) is 5.49. The summed E-state index contributed by atoms with van der Waals surface area (Å²) in [6.07, 6.45) is 1.05. The van der Waals surface area contributed by atoms with E-state index in [1.807, 2.05) is 0 Å². The monoisotopic (exact) mass is 184 g/mol. The van der Waals surface area contributed by atoms with Gasteiger partial charge >= 0.3 is 0 Å². The minimum absolute atomic E-state index is 0.0480. The molecule has 12 heavy (non-hydrogen) atoms. The lowest BCUT2D eigenvalue weighted by Crippen LogP contribution is -2.54. The second-order valence-corrected chi connectivity index (χ2v) is 3.92. The van der Waals surface area contributed by atoms with Crippen LogP contribution in [-0.2, 0) is 0 Å². The Bertz CT molecular complexity index is 245. The first-order valence-corrected chi connectivity index (χ1v) is 4.67. The molecule has 2 N–H and O–H groups in total. The molecular formula is C9H16N2S. The molecule has 1 rings (SSSR count). The van der Waals surface area contributed by atoms with E-state index in [1.54, 1.807) is 0 Å². The van der Waals surface area contributed by atoms with E-state index in [0.29, 0.717) is 0 Å². The molecule has 2 nitrogen and oxygen atoms in total. The average Bonchev–Trinajstić information content (AvgIpc) is 2.00. The highest BCUT2D eigenvalue weighted by Gasteiger charge is 2.29. The Morgan fingerprint density at radius 3 is 2.50 bits per heavy atom. The highest BCUT2D eigenvalue weighted by atomic mass is 32.1. The van der Waals surface area contributed by atoms with Gasteiger partial charge in [0.05, 0.1) is 5.54 Å². The molecule has 0 bridgehead atoms. The summed E-state index contributed by atoms with van der Waals surface area (Å²) < 4.78 is 0. The fourth-order valence-corrected chi connectivity index (χ4v) is 1.79. The summed E-state index contributed by atoms with van der Waals surface area (Å²) >= 11 is 5.09. The Hall–Kier alpha value is -0.570. The third-order valence-electron chi connectivity index (χ3n) is 2.79. The normalized spacial score (nSPS) is 29.8. The van der Waals surface area contributed by atoms with E-state index in [-0.39, 0.29) is 5.54 Å². The summed E-state index contributed by atoms with van der Waals surface area (Å²) in [4.78, 5) is 0. The van der Waals surface area contributed by atoms with Crippen LogP contribution in [0.5, 0.6) is 0 Å². The Morgan fingerprint density at radius 2 is 2.00 bits per heavy atom. The van der Waals surface area contributed by atoms with Gasteiger partial charge in [0.1, 0.15) is 0 Å². The molecule has 0 fully saturated rings. The Balaban J connectivity index is 3.03. The number of allylic oxidation sites excluding steroid dienone is 1. The summed E-state index contributed by atoms with van der Waals surface area (Å²) in [7, 11) is 0. The number of hydrogen-bond donors (Lipinski definition) is 2. The van der Waals surface area contributed by atoms with E-state index in [0.717, 1.165) is 11.5 Å². The zero-order chi connectivity index (χ0) is 9.35. The second kappa shape index (κ2) is 3.05. The largest absolute Gasteiger partial charge is 0.354 e. The zero-order valence-electron chi connectivity index (χ0n) is 8.12. The SMILES string of the molecule is CCC1(C)NC(=S)NC(C)=C1C. The van der Waals surface area contributed by atoms with Crippen LogP contribution in [0.1, 0.15) is 34.1 Å². The van der Waals surface area contributed by atoms with Crippen LogP contribution in [0.15, 0.2) is 11.3 Å². The zero-order valence-corrected chi connectivity index (χ0v) is 8.93. The van der Waals surface area contributed by atoms with Crippen LogP contribution >= 0.6 is 12.2 Å². The molecule has 3 heteroatoms. The molecule has 0 aromatic heterocycles. The molecule has 1 atom stereocenters. The molecule has 0 aromatic carbocycles. The summed E-state index contributed by atoms with van der Waals surface area (Å²) in [6, 6.07) is 0. The maximum absolute atomic E-state index is 5.09. The molecule has 0 spiro atoms. The van der Waals surface area contributed by atoms with Crippen molar-refractivity contribution in [2.45, 2.75) is 39.7 Å². The Labute approximate surface area is 79.4 Å². The lowest BCUT2D eigenvalue weighted by molar-refractivity contribution is 0.452. The average molecular weight is 184 g/mol. The fraction of sp³-hybridized carbons (Fsp3) is 0.667. The Kier molecular flexibility index (Phi) is 2.42. The molecule has 1 aliphatic rings. The van der Waals surface area contributed by atoms with Crippen LogP contribution in [0, 0.1) is 0 Å². The van der Waals surface area contributed by atoms with Crippen LogP contribution in [0.3, 0.4) is 0 Å². The van der Waals surface area contributed by atoms with E-state index in [9.17, 15) is 0 Å². The van der Waals surface area contributed by atoms with Crippen molar-refractivity contribution in [3.8, 4) is 0 Å². The van der Waals surface area contributed by atoms with Gasteiger partial charge in [-0.3, -0.25) is 0 Å². The van der Waals surface area contributed by atoms with Gasteiger partial charge in [0.25, 0.3) is 0 Å². The van der Waals surface area contributed by atoms with Gasteiger partial charge in [0.15, 0.2) is 5.11 Å². The van der Waals surface area contributed by atoms with Crippen molar-refractivity contribution < 1.29 is 0 Å².